The standard InChI is InChI=1S/C29H30N4O3S/c1-2-21-12-14-23(15-13-21)31-27(35)20-37-29-32-25-11-7-6-10-24(25)28(36)33(29)19-17-26(34)30-18-16-22-8-4-3-5-9-22/h3-15H,2,16-20H2,1H3,(H,30,34)(H,31,35). The molecule has 2 N–H and O–H groups in total. The van der Waals surface area contributed by atoms with Crippen molar-refractivity contribution in [3.63, 3.8) is 0 Å². The average Bonchev–Trinajstić information content (AvgIpc) is 2.92. The Labute approximate surface area is 220 Å². The van der Waals surface area contributed by atoms with E-state index in [4.69, 9.17) is 0 Å². The van der Waals surface area contributed by atoms with E-state index in [1.807, 2.05) is 60.7 Å². The molecule has 4 rings (SSSR count). The summed E-state index contributed by atoms with van der Waals surface area (Å²) in [7, 11) is 0. The first kappa shape index (κ1) is 26.2. The molecule has 0 saturated carbocycles. The van der Waals surface area contributed by atoms with Gasteiger partial charge in [-0.15, -0.1) is 0 Å². The van der Waals surface area contributed by atoms with E-state index in [9.17, 15) is 14.4 Å². The van der Waals surface area contributed by atoms with Crippen molar-refractivity contribution in [3.8, 4) is 0 Å². The molecule has 1 aromatic heterocycles. The maximum atomic E-state index is 13.2. The molecular formula is C29H30N4O3S. The first-order chi connectivity index (χ1) is 18.0. The van der Waals surface area contributed by atoms with Gasteiger partial charge in [0, 0.05) is 25.2 Å². The molecule has 7 nitrogen and oxygen atoms in total. The highest BCUT2D eigenvalue weighted by molar-refractivity contribution is 7.99. The van der Waals surface area contributed by atoms with Crippen molar-refractivity contribution < 1.29 is 9.59 Å². The topological polar surface area (TPSA) is 93.1 Å². The third kappa shape index (κ3) is 7.30. The second kappa shape index (κ2) is 12.9. The largest absolute Gasteiger partial charge is 0.356 e. The zero-order valence-electron chi connectivity index (χ0n) is 20.8. The average molecular weight is 515 g/mol. The van der Waals surface area contributed by atoms with Crippen LogP contribution in [0.25, 0.3) is 10.9 Å². The number of nitrogens with zero attached hydrogens (tertiary/aromatic N) is 2. The quantitative estimate of drug-likeness (QED) is 0.228. The molecule has 0 spiro atoms. The van der Waals surface area contributed by atoms with Crippen LogP contribution < -0.4 is 16.2 Å². The predicted octanol–water partition coefficient (Wildman–Crippen LogP) is 4.44. The second-order valence-corrected chi connectivity index (χ2v) is 9.53. The summed E-state index contributed by atoms with van der Waals surface area (Å²) in [6, 6.07) is 24.8. The van der Waals surface area contributed by atoms with Gasteiger partial charge in [-0.3, -0.25) is 19.0 Å². The molecule has 0 fully saturated rings. The Kier molecular flexibility index (Phi) is 9.10. The fourth-order valence-corrected chi connectivity index (χ4v) is 4.72. The van der Waals surface area contributed by atoms with Crippen LogP contribution in [0.5, 0.6) is 0 Å². The minimum atomic E-state index is -0.222. The van der Waals surface area contributed by atoms with Gasteiger partial charge in [0.05, 0.1) is 16.7 Å². The zero-order chi connectivity index (χ0) is 26.0. The van der Waals surface area contributed by atoms with Gasteiger partial charge in [-0.2, -0.15) is 0 Å². The highest BCUT2D eigenvalue weighted by Gasteiger charge is 2.15. The van der Waals surface area contributed by atoms with E-state index in [2.05, 4.69) is 22.5 Å². The fraction of sp³-hybridized carbons (Fsp3) is 0.241. The van der Waals surface area contributed by atoms with Gasteiger partial charge in [-0.1, -0.05) is 73.3 Å². The van der Waals surface area contributed by atoms with Crippen molar-refractivity contribution in [1.82, 2.24) is 14.9 Å². The minimum absolute atomic E-state index is 0.0869. The summed E-state index contributed by atoms with van der Waals surface area (Å²) in [5.74, 6) is -0.245. The molecular weight excluding hydrogens is 484 g/mol. The molecule has 0 aliphatic heterocycles. The van der Waals surface area contributed by atoms with Crippen LogP contribution in [0.15, 0.2) is 88.8 Å². The number of carbonyl (C=O) groups excluding carboxylic acids is 2. The molecule has 1 heterocycles. The Morgan fingerprint density at radius 1 is 0.892 bits per heavy atom. The predicted molar refractivity (Wildman–Crippen MR) is 149 cm³/mol. The normalized spacial score (nSPS) is 10.8. The number of aromatic nitrogens is 2. The van der Waals surface area contributed by atoms with E-state index < -0.39 is 0 Å². The molecule has 2 amide bonds. The van der Waals surface area contributed by atoms with E-state index in [0.717, 1.165) is 24.1 Å². The second-order valence-electron chi connectivity index (χ2n) is 8.59. The van der Waals surface area contributed by atoms with Crippen LogP contribution in [-0.4, -0.2) is 33.7 Å². The maximum absolute atomic E-state index is 13.2. The molecule has 0 aliphatic carbocycles. The number of anilines is 1. The number of hydrogen-bond acceptors (Lipinski definition) is 5. The smallest absolute Gasteiger partial charge is 0.262 e. The van der Waals surface area contributed by atoms with Gasteiger partial charge in [-0.05, 0) is 48.2 Å². The zero-order valence-corrected chi connectivity index (χ0v) is 21.6. The molecule has 190 valence electrons. The number of hydrogen-bond donors (Lipinski definition) is 2. The van der Waals surface area contributed by atoms with Crippen LogP contribution in [0.3, 0.4) is 0 Å². The van der Waals surface area contributed by atoms with Gasteiger partial charge in [0.25, 0.3) is 5.56 Å². The van der Waals surface area contributed by atoms with Gasteiger partial charge in [0.2, 0.25) is 11.8 Å². The number of rotatable bonds is 11. The lowest BCUT2D eigenvalue weighted by Crippen LogP contribution is -2.30. The highest BCUT2D eigenvalue weighted by Crippen LogP contribution is 2.19. The fourth-order valence-electron chi connectivity index (χ4n) is 3.90. The number of benzene rings is 3. The molecule has 0 saturated heterocycles. The summed E-state index contributed by atoms with van der Waals surface area (Å²) in [5, 5.41) is 6.70. The van der Waals surface area contributed by atoms with Crippen LogP contribution in [0.2, 0.25) is 0 Å². The van der Waals surface area contributed by atoms with Gasteiger partial charge in [0.15, 0.2) is 5.16 Å². The van der Waals surface area contributed by atoms with E-state index in [0.29, 0.717) is 22.6 Å². The summed E-state index contributed by atoms with van der Waals surface area (Å²) in [5.41, 5.74) is 3.41. The van der Waals surface area contributed by atoms with E-state index in [-0.39, 0.29) is 36.1 Å². The van der Waals surface area contributed by atoms with Crippen LogP contribution >= 0.6 is 11.8 Å². The first-order valence-corrected chi connectivity index (χ1v) is 13.3. The lowest BCUT2D eigenvalue weighted by atomic mass is 10.1. The van der Waals surface area contributed by atoms with Crippen LogP contribution in [0.1, 0.15) is 24.5 Å². The van der Waals surface area contributed by atoms with E-state index in [1.54, 1.807) is 18.2 Å². The van der Waals surface area contributed by atoms with Crippen LogP contribution in [0, 0.1) is 0 Å². The SMILES string of the molecule is CCc1ccc(NC(=O)CSc2nc3ccccc3c(=O)n2CCC(=O)NCCc2ccccc2)cc1. The van der Waals surface area contributed by atoms with Crippen molar-refractivity contribution in [2.45, 2.75) is 37.9 Å². The van der Waals surface area contributed by atoms with Crippen LogP contribution in [0.4, 0.5) is 5.69 Å². The molecule has 0 aliphatic rings. The lowest BCUT2D eigenvalue weighted by molar-refractivity contribution is -0.121. The number of thioether (sulfide) groups is 1. The van der Waals surface area contributed by atoms with Crippen molar-refractivity contribution in [2.24, 2.45) is 0 Å². The minimum Gasteiger partial charge on any atom is -0.356 e. The summed E-state index contributed by atoms with van der Waals surface area (Å²) >= 11 is 1.19. The number of fused-ring (bicyclic) bond motifs is 1. The monoisotopic (exact) mass is 514 g/mol. The van der Waals surface area contributed by atoms with Crippen molar-refractivity contribution >= 4 is 40.2 Å². The molecule has 0 radical (unpaired) electrons. The van der Waals surface area contributed by atoms with Gasteiger partial charge in [0.1, 0.15) is 0 Å². The number of carbonyl (C=O) groups is 2. The first-order valence-electron chi connectivity index (χ1n) is 12.4. The summed E-state index contributed by atoms with van der Waals surface area (Å²) in [4.78, 5) is 42.9. The summed E-state index contributed by atoms with van der Waals surface area (Å²) in [6.07, 6.45) is 1.81. The Balaban J connectivity index is 1.41. The Hall–Kier alpha value is -3.91. The molecule has 8 heteroatoms. The van der Waals surface area contributed by atoms with Gasteiger partial charge < -0.3 is 10.6 Å². The molecule has 3 aromatic carbocycles. The highest BCUT2D eigenvalue weighted by atomic mass is 32.2. The number of nitrogens with one attached hydrogen (secondary N) is 2. The third-order valence-corrected chi connectivity index (χ3v) is 6.92. The Bertz CT molecular complexity index is 1420. The van der Waals surface area contributed by atoms with Gasteiger partial charge in [-0.25, -0.2) is 4.98 Å². The number of aryl methyl sites for hydroxylation is 1. The van der Waals surface area contributed by atoms with E-state index in [1.165, 1.54) is 21.9 Å². The molecule has 4 aromatic rings. The van der Waals surface area contributed by atoms with Crippen LogP contribution in [-0.2, 0) is 29.0 Å². The molecule has 0 atom stereocenters. The molecule has 0 unspecified atom stereocenters. The van der Waals surface area contributed by atoms with Gasteiger partial charge >= 0.3 is 0 Å². The third-order valence-electron chi connectivity index (χ3n) is 5.95. The Morgan fingerprint density at radius 2 is 1.62 bits per heavy atom. The van der Waals surface area contributed by atoms with Crippen molar-refractivity contribution in [1.29, 1.82) is 0 Å². The molecule has 37 heavy (non-hydrogen) atoms. The lowest BCUT2D eigenvalue weighted by Gasteiger charge is -2.13. The summed E-state index contributed by atoms with van der Waals surface area (Å²) in [6.45, 7) is 2.78. The molecule has 0 bridgehead atoms. The van der Waals surface area contributed by atoms with Crippen molar-refractivity contribution in [2.75, 3.05) is 17.6 Å². The maximum Gasteiger partial charge on any atom is 0.262 e. The number of para-hydroxylation sites is 1. The number of amides is 2. The Morgan fingerprint density at radius 3 is 2.38 bits per heavy atom. The van der Waals surface area contributed by atoms with Crippen molar-refractivity contribution in [3.05, 3.63) is 100 Å². The summed E-state index contributed by atoms with van der Waals surface area (Å²) < 4.78 is 1.49. The van der Waals surface area contributed by atoms with E-state index >= 15 is 0 Å².